The predicted octanol–water partition coefficient (Wildman–Crippen LogP) is 2.64. The second kappa shape index (κ2) is 10.4. The lowest BCUT2D eigenvalue weighted by Crippen LogP contribution is -2.42. The highest BCUT2D eigenvalue weighted by molar-refractivity contribution is 5.94. The van der Waals surface area contributed by atoms with Crippen LogP contribution in [-0.2, 0) is 11.3 Å². The largest absolute Gasteiger partial charge is 0.352 e. The molecule has 3 N–H and O–H groups in total. The number of nitrogens with one attached hydrogen (secondary N) is 3. The molecule has 1 fully saturated rings. The maximum Gasteiger partial charge on any atom is 0.251 e. The second-order valence-corrected chi connectivity index (χ2v) is 6.78. The van der Waals surface area contributed by atoms with Gasteiger partial charge in [-0.2, -0.15) is 0 Å². The van der Waals surface area contributed by atoms with Crippen molar-refractivity contribution in [2.24, 2.45) is 5.92 Å². The van der Waals surface area contributed by atoms with E-state index < -0.39 is 0 Å². The van der Waals surface area contributed by atoms with Gasteiger partial charge in [0.05, 0.1) is 0 Å². The lowest BCUT2D eigenvalue weighted by molar-refractivity contribution is -0.126. The first-order valence-electron chi connectivity index (χ1n) is 8.90. The third-order valence-corrected chi connectivity index (χ3v) is 4.64. The molecule has 1 aromatic carbocycles. The predicted molar refractivity (Wildman–Crippen MR) is 103 cm³/mol. The molecule has 25 heavy (non-hydrogen) atoms. The summed E-state index contributed by atoms with van der Waals surface area (Å²) in [5.74, 6) is 0.126. The third-order valence-electron chi connectivity index (χ3n) is 4.64. The van der Waals surface area contributed by atoms with Gasteiger partial charge in [-0.15, -0.1) is 12.4 Å². The Labute approximate surface area is 156 Å². The van der Waals surface area contributed by atoms with Crippen molar-refractivity contribution in [3.63, 3.8) is 0 Å². The Bertz CT molecular complexity index is 580. The molecule has 2 amide bonds. The SMILES string of the molecule is CCC(C)NC(=O)c1cccc(CNC(=O)[C@H]2CCN[C@@H](C)C2)c1.Cl. The Morgan fingerprint density at radius 1 is 1.36 bits per heavy atom. The van der Waals surface area contributed by atoms with E-state index in [0.29, 0.717) is 18.2 Å². The minimum Gasteiger partial charge on any atom is -0.352 e. The number of piperidine rings is 1. The molecular formula is C19H30ClN3O2. The van der Waals surface area contributed by atoms with Crippen molar-refractivity contribution in [3.05, 3.63) is 35.4 Å². The fourth-order valence-electron chi connectivity index (χ4n) is 2.94. The first-order valence-corrected chi connectivity index (χ1v) is 8.90. The van der Waals surface area contributed by atoms with Gasteiger partial charge in [0.15, 0.2) is 0 Å². The number of carbonyl (C=O) groups is 2. The normalized spacial score (nSPS) is 20.9. The quantitative estimate of drug-likeness (QED) is 0.723. The van der Waals surface area contributed by atoms with E-state index in [4.69, 9.17) is 0 Å². The Kier molecular flexibility index (Phi) is 8.93. The van der Waals surface area contributed by atoms with Crippen LogP contribution in [0.15, 0.2) is 24.3 Å². The molecule has 0 aromatic heterocycles. The van der Waals surface area contributed by atoms with E-state index in [0.717, 1.165) is 31.4 Å². The van der Waals surface area contributed by atoms with Gasteiger partial charge in [0.1, 0.15) is 0 Å². The van der Waals surface area contributed by atoms with Crippen molar-refractivity contribution < 1.29 is 9.59 Å². The number of halogens is 1. The fraction of sp³-hybridized carbons (Fsp3) is 0.579. The van der Waals surface area contributed by atoms with Crippen LogP contribution < -0.4 is 16.0 Å². The van der Waals surface area contributed by atoms with Gasteiger partial charge in [-0.3, -0.25) is 9.59 Å². The van der Waals surface area contributed by atoms with E-state index in [1.165, 1.54) is 0 Å². The number of amides is 2. The summed E-state index contributed by atoms with van der Waals surface area (Å²) in [6.07, 6.45) is 2.66. The molecule has 0 saturated carbocycles. The lowest BCUT2D eigenvalue weighted by atomic mass is 9.92. The number of rotatable bonds is 6. The molecule has 0 spiro atoms. The van der Waals surface area contributed by atoms with Gasteiger partial charge in [0.2, 0.25) is 5.91 Å². The van der Waals surface area contributed by atoms with Crippen LogP contribution in [0.2, 0.25) is 0 Å². The summed E-state index contributed by atoms with van der Waals surface area (Å²) in [7, 11) is 0. The van der Waals surface area contributed by atoms with E-state index in [-0.39, 0.29) is 36.2 Å². The van der Waals surface area contributed by atoms with Crippen molar-refractivity contribution in [1.82, 2.24) is 16.0 Å². The molecule has 2 rings (SSSR count). The van der Waals surface area contributed by atoms with E-state index in [1.807, 2.05) is 32.0 Å². The van der Waals surface area contributed by atoms with Crippen LogP contribution in [0.3, 0.4) is 0 Å². The monoisotopic (exact) mass is 367 g/mol. The van der Waals surface area contributed by atoms with Gasteiger partial charge < -0.3 is 16.0 Å². The van der Waals surface area contributed by atoms with E-state index >= 15 is 0 Å². The number of carbonyl (C=O) groups excluding carboxylic acids is 2. The van der Waals surface area contributed by atoms with Gasteiger partial charge in [-0.05, 0) is 57.4 Å². The molecule has 5 nitrogen and oxygen atoms in total. The van der Waals surface area contributed by atoms with Gasteiger partial charge in [0.25, 0.3) is 5.91 Å². The number of hydrogen-bond donors (Lipinski definition) is 3. The van der Waals surface area contributed by atoms with Crippen LogP contribution in [-0.4, -0.2) is 30.4 Å². The molecule has 1 heterocycles. The van der Waals surface area contributed by atoms with Gasteiger partial charge in [-0.25, -0.2) is 0 Å². The maximum atomic E-state index is 12.3. The molecule has 1 unspecified atom stereocenters. The van der Waals surface area contributed by atoms with Crippen LogP contribution in [0.1, 0.15) is 56.0 Å². The van der Waals surface area contributed by atoms with Crippen LogP contribution in [0.25, 0.3) is 0 Å². The second-order valence-electron chi connectivity index (χ2n) is 6.78. The Hall–Kier alpha value is -1.59. The summed E-state index contributed by atoms with van der Waals surface area (Å²) in [6, 6.07) is 8.00. The van der Waals surface area contributed by atoms with E-state index in [2.05, 4.69) is 22.9 Å². The molecular weight excluding hydrogens is 338 g/mol. The van der Waals surface area contributed by atoms with Gasteiger partial charge in [-0.1, -0.05) is 19.1 Å². The summed E-state index contributed by atoms with van der Waals surface area (Å²) in [6.45, 7) is 7.49. The summed E-state index contributed by atoms with van der Waals surface area (Å²) in [5.41, 5.74) is 1.58. The van der Waals surface area contributed by atoms with Crippen molar-refractivity contribution in [2.75, 3.05) is 6.54 Å². The summed E-state index contributed by atoms with van der Waals surface area (Å²) >= 11 is 0. The molecule has 6 heteroatoms. The smallest absolute Gasteiger partial charge is 0.251 e. The minimum atomic E-state index is -0.0651. The highest BCUT2D eigenvalue weighted by Gasteiger charge is 2.24. The van der Waals surface area contributed by atoms with Gasteiger partial charge in [0, 0.05) is 30.1 Å². The summed E-state index contributed by atoms with van der Waals surface area (Å²) < 4.78 is 0. The fourth-order valence-corrected chi connectivity index (χ4v) is 2.94. The van der Waals surface area contributed by atoms with Crippen molar-refractivity contribution in [1.29, 1.82) is 0 Å². The highest BCUT2D eigenvalue weighted by atomic mass is 35.5. The topological polar surface area (TPSA) is 70.2 Å². The first-order chi connectivity index (χ1) is 11.5. The zero-order valence-corrected chi connectivity index (χ0v) is 16.1. The standard InChI is InChI=1S/C19H29N3O2.ClH/c1-4-13(2)22-19(24)16-7-5-6-15(11-16)12-21-18(23)17-8-9-20-14(3)10-17;/h5-7,11,13-14,17,20H,4,8-10,12H2,1-3H3,(H,21,23)(H,22,24);1H/t13?,14-,17-;/m0./s1. The summed E-state index contributed by atoms with van der Waals surface area (Å²) in [4.78, 5) is 24.5. The lowest BCUT2D eigenvalue weighted by Gasteiger charge is -2.27. The summed E-state index contributed by atoms with van der Waals surface area (Å²) in [5, 5.41) is 9.33. The molecule has 0 bridgehead atoms. The van der Waals surface area contributed by atoms with Gasteiger partial charge >= 0.3 is 0 Å². The van der Waals surface area contributed by atoms with Crippen LogP contribution in [0.5, 0.6) is 0 Å². The molecule has 1 aliphatic rings. The van der Waals surface area contributed by atoms with Crippen LogP contribution >= 0.6 is 12.4 Å². The average Bonchev–Trinajstić information content (AvgIpc) is 2.59. The van der Waals surface area contributed by atoms with Crippen LogP contribution in [0, 0.1) is 5.92 Å². The molecule has 1 aromatic rings. The Morgan fingerprint density at radius 2 is 2.12 bits per heavy atom. The molecule has 1 aliphatic heterocycles. The zero-order valence-electron chi connectivity index (χ0n) is 15.3. The molecule has 140 valence electrons. The number of hydrogen-bond acceptors (Lipinski definition) is 3. The van der Waals surface area contributed by atoms with Crippen molar-refractivity contribution in [2.45, 2.75) is 58.7 Å². The average molecular weight is 368 g/mol. The first kappa shape index (κ1) is 21.5. The highest BCUT2D eigenvalue weighted by Crippen LogP contribution is 2.16. The molecule has 0 radical (unpaired) electrons. The van der Waals surface area contributed by atoms with Crippen molar-refractivity contribution >= 4 is 24.2 Å². The number of benzene rings is 1. The van der Waals surface area contributed by atoms with E-state index in [1.54, 1.807) is 6.07 Å². The van der Waals surface area contributed by atoms with Crippen molar-refractivity contribution in [3.8, 4) is 0 Å². The zero-order chi connectivity index (χ0) is 17.5. The van der Waals surface area contributed by atoms with E-state index in [9.17, 15) is 9.59 Å². The molecule has 3 atom stereocenters. The molecule has 0 aliphatic carbocycles. The Morgan fingerprint density at radius 3 is 2.80 bits per heavy atom. The molecule has 1 saturated heterocycles. The Balaban J connectivity index is 0.00000312. The minimum absolute atomic E-state index is 0. The third kappa shape index (κ3) is 6.67. The van der Waals surface area contributed by atoms with Crippen LogP contribution in [0.4, 0.5) is 0 Å². The maximum absolute atomic E-state index is 12.3.